The van der Waals surface area contributed by atoms with Gasteiger partial charge in [-0.2, -0.15) is 0 Å². The van der Waals surface area contributed by atoms with Gasteiger partial charge in [0.1, 0.15) is 5.15 Å². The molecule has 0 saturated carbocycles. The van der Waals surface area contributed by atoms with Crippen molar-refractivity contribution in [2.75, 3.05) is 0 Å². The predicted octanol–water partition coefficient (Wildman–Crippen LogP) is 2.57. The lowest BCUT2D eigenvalue weighted by molar-refractivity contribution is 0.0952. The van der Waals surface area contributed by atoms with E-state index < -0.39 is 0 Å². The van der Waals surface area contributed by atoms with Gasteiger partial charge in [0.25, 0.3) is 5.91 Å². The molecular weight excluding hydrogens is 310 g/mol. The van der Waals surface area contributed by atoms with Gasteiger partial charge in [0, 0.05) is 22.7 Å². The number of nitrogens with zero attached hydrogens (tertiary/aromatic N) is 1. The molecule has 1 amide bonds. The average molecular weight is 320 g/mol. The van der Waals surface area contributed by atoms with Crippen LogP contribution in [0, 0.1) is 0 Å². The SMILES string of the molecule is O=C(NCc1csc(=O)[nH]1)c1cnc(Cl)c2ccccc12. The molecule has 3 aromatic rings. The van der Waals surface area contributed by atoms with Crippen molar-refractivity contribution in [2.24, 2.45) is 0 Å². The normalized spacial score (nSPS) is 10.7. The Morgan fingerprint density at radius 1 is 1.33 bits per heavy atom. The Bertz CT molecular complexity index is 872. The van der Waals surface area contributed by atoms with E-state index in [-0.39, 0.29) is 17.3 Å². The maximum Gasteiger partial charge on any atom is 0.304 e. The molecule has 1 aromatic carbocycles. The summed E-state index contributed by atoms with van der Waals surface area (Å²) in [6.45, 7) is 0.258. The molecular formula is C14H10ClN3O2S. The van der Waals surface area contributed by atoms with Gasteiger partial charge in [0.2, 0.25) is 0 Å². The predicted molar refractivity (Wildman–Crippen MR) is 82.9 cm³/mol. The number of aromatic nitrogens is 2. The first-order chi connectivity index (χ1) is 10.1. The molecule has 106 valence electrons. The first kappa shape index (κ1) is 13.8. The zero-order valence-electron chi connectivity index (χ0n) is 10.7. The van der Waals surface area contributed by atoms with Crippen molar-refractivity contribution in [3.8, 4) is 0 Å². The molecule has 21 heavy (non-hydrogen) atoms. The molecule has 3 rings (SSSR count). The third-order valence-electron chi connectivity index (χ3n) is 3.00. The number of rotatable bonds is 3. The van der Waals surface area contributed by atoms with Gasteiger partial charge in [-0.15, -0.1) is 0 Å². The van der Waals surface area contributed by atoms with Crippen LogP contribution in [0.15, 0.2) is 40.6 Å². The molecule has 0 spiro atoms. The highest BCUT2D eigenvalue weighted by molar-refractivity contribution is 7.07. The Morgan fingerprint density at radius 3 is 2.81 bits per heavy atom. The molecule has 7 heteroatoms. The van der Waals surface area contributed by atoms with Crippen molar-refractivity contribution in [3.05, 3.63) is 61.9 Å². The molecule has 0 unspecified atom stereocenters. The summed E-state index contributed by atoms with van der Waals surface area (Å²) in [4.78, 5) is 29.8. The van der Waals surface area contributed by atoms with E-state index in [1.54, 1.807) is 5.38 Å². The molecule has 0 radical (unpaired) electrons. The minimum Gasteiger partial charge on any atom is -0.346 e. The summed E-state index contributed by atoms with van der Waals surface area (Å²) in [5, 5.41) is 6.28. The zero-order valence-corrected chi connectivity index (χ0v) is 12.3. The van der Waals surface area contributed by atoms with E-state index in [4.69, 9.17) is 11.6 Å². The number of hydrogen-bond acceptors (Lipinski definition) is 4. The first-order valence-corrected chi connectivity index (χ1v) is 7.39. The fourth-order valence-electron chi connectivity index (χ4n) is 2.01. The Labute approximate surface area is 128 Å². The molecule has 2 N–H and O–H groups in total. The molecule has 0 atom stereocenters. The van der Waals surface area contributed by atoms with E-state index in [1.807, 2.05) is 24.3 Å². The number of nitrogens with one attached hydrogen (secondary N) is 2. The van der Waals surface area contributed by atoms with Crippen LogP contribution in [0.4, 0.5) is 0 Å². The van der Waals surface area contributed by atoms with Crippen LogP contribution in [0.1, 0.15) is 16.1 Å². The summed E-state index contributed by atoms with van der Waals surface area (Å²) in [5.41, 5.74) is 1.12. The standard InChI is InChI=1S/C14H10ClN3O2S/c15-12-10-4-2-1-3-9(10)11(6-16-12)13(19)17-5-8-7-21-14(20)18-8/h1-4,6-7H,5H2,(H,17,19)(H,18,20). The number of halogens is 1. The van der Waals surface area contributed by atoms with Gasteiger partial charge in [0.05, 0.1) is 12.1 Å². The second kappa shape index (κ2) is 5.67. The number of carbonyl (C=O) groups excluding carboxylic acids is 1. The molecule has 5 nitrogen and oxygen atoms in total. The maximum atomic E-state index is 12.3. The highest BCUT2D eigenvalue weighted by Gasteiger charge is 2.12. The van der Waals surface area contributed by atoms with E-state index in [0.717, 1.165) is 22.1 Å². The first-order valence-electron chi connectivity index (χ1n) is 6.13. The highest BCUT2D eigenvalue weighted by atomic mass is 35.5. The fraction of sp³-hybridized carbons (Fsp3) is 0.0714. The monoisotopic (exact) mass is 319 g/mol. The number of H-pyrrole nitrogens is 1. The Hall–Kier alpha value is -2.18. The minimum absolute atomic E-state index is 0.141. The van der Waals surface area contributed by atoms with Crippen molar-refractivity contribution in [2.45, 2.75) is 6.54 Å². The summed E-state index contributed by atoms with van der Waals surface area (Å²) in [6.07, 6.45) is 1.45. The van der Waals surface area contributed by atoms with Gasteiger partial charge >= 0.3 is 4.87 Å². The van der Waals surface area contributed by atoms with Crippen LogP contribution in [0.25, 0.3) is 10.8 Å². The van der Waals surface area contributed by atoms with E-state index in [2.05, 4.69) is 15.3 Å². The third kappa shape index (κ3) is 2.81. The topological polar surface area (TPSA) is 74.8 Å². The van der Waals surface area contributed by atoms with Gasteiger partial charge in [0.15, 0.2) is 0 Å². The lowest BCUT2D eigenvalue weighted by Crippen LogP contribution is -2.23. The van der Waals surface area contributed by atoms with Crippen LogP contribution in [-0.2, 0) is 6.54 Å². The summed E-state index contributed by atoms with van der Waals surface area (Å²) < 4.78 is 0. The summed E-state index contributed by atoms with van der Waals surface area (Å²) in [6, 6.07) is 7.32. The Kier molecular flexibility index (Phi) is 3.72. The van der Waals surface area contributed by atoms with E-state index >= 15 is 0 Å². The summed E-state index contributed by atoms with van der Waals surface area (Å²) in [7, 11) is 0. The molecule has 0 saturated heterocycles. The number of hydrogen-bond donors (Lipinski definition) is 2. The summed E-state index contributed by atoms with van der Waals surface area (Å²) in [5.74, 6) is -0.262. The Morgan fingerprint density at radius 2 is 2.10 bits per heavy atom. The van der Waals surface area contributed by atoms with Crippen LogP contribution in [0.2, 0.25) is 5.15 Å². The second-order valence-electron chi connectivity index (χ2n) is 4.36. The summed E-state index contributed by atoms with van der Waals surface area (Å²) >= 11 is 7.09. The number of benzene rings is 1. The van der Waals surface area contributed by atoms with Crippen molar-refractivity contribution in [3.63, 3.8) is 0 Å². The number of pyridine rings is 1. The number of aromatic amines is 1. The molecule has 2 heterocycles. The van der Waals surface area contributed by atoms with Gasteiger partial charge < -0.3 is 10.3 Å². The zero-order chi connectivity index (χ0) is 14.8. The molecule has 0 aliphatic heterocycles. The smallest absolute Gasteiger partial charge is 0.304 e. The lowest BCUT2D eigenvalue weighted by atomic mass is 10.1. The van der Waals surface area contributed by atoms with E-state index in [9.17, 15) is 9.59 Å². The molecule has 0 fully saturated rings. The number of amides is 1. The molecule has 0 aliphatic carbocycles. The second-order valence-corrected chi connectivity index (χ2v) is 5.56. The van der Waals surface area contributed by atoms with Crippen LogP contribution >= 0.6 is 22.9 Å². The van der Waals surface area contributed by atoms with Crippen LogP contribution in [0.5, 0.6) is 0 Å². The lowest BCUT2D eigenvalue weighted by Gasteiger charge is -2.07. The molecule has 0 bridgehead atoms. The maximum absolute atomic E-state index is 12.3. The minimum atomic E-state index is -0.262. The third-order valence-corrected chi connectivity index (χ3v) is 4.02. The van der Waals surface area contributed by atoms with Crippen molar-refractivity contribution < 1.29 is 4.79 Å². The molecule has 0 aliphatic rings. The average Bonchev–Trinajstić information content (AvgIpc) is 2.91. The highest BCUT2D eigenvalue weighted by Crippen LogP contribution is 2.24. The van der Waals surface area contributed by atoms with Crippen LogP contribution < -0.4 is 10.2 Å². The fourth-order valence-corrected chi connectivity index (χ4v) is 2.81. The van der Waals surface area contributed by atoms with Crippen molar-refractivity contribution >= 4 is 39.6 Å². The number of thiazole rings is 1. The largest absolute Gasteiger partial charge is 0.346 e. The Balaban J connectivity index is 1.88. The van der Waals surface area contributed by atoms with E-state index in [1.165, 1.54) is 6.20 Å². The molecule has 2 aromatic heterocycles. The van der Waals surface area contributed by atoms with Gasteiger partial charge in [-0.3, -0.25) is 9.59 Å². The van der Waals surface area contributed by atoms with Gasteiger partial charge in [-0.25, -0.2) is 4.98 Å². The van der Waals surface area contributed by atoms with Gasteiger partial charge in [-0.05, 0) is 5.39 Å². The number of carbonyl (C=O) groups is 1. The van der Waals surface area contributed by atoms with Crippen LogP contribution in [0.3, 0.4) is 0 Å². The van der Waals surface area contributed by atoms with E-state index in [0.29, 0.717) is 16.4 Å². The van der Waals surface area contributed by atoms with Gasteiger partial charge in [-0.1, -0.05) is 47.2 Å². The van der Waals surface area contributed by atoms with Crippen molar-refractivity contribution in [1.82, 2.24) is 15.3 Å². The van der Waals surface area contributed by atoms with Crippen LogP contribution in [-0.4, -0.2) is 15.9 Å². The van der Waals surface area contributed by atoms with Crippen molar-refractivity contribution in [1.29, 1.82) is 0 Å². The quantitative estimate of drug-likeness (QED) is 0.729. The number of fused-ring (bicyclic) bond motifs is 1.